The van der Waals surface area contributed by atoms with Crippen LogP contribution in [-0.2, 0) is 4.79 Å². The van der Waals surface area contributed by atoms with Gasteiger partial charge in [-0.05, 0) is 30.3 Å². The molecule has 3 aromatic rings. The summed E-state index contributed by atoms with van der Waals surface area (Å²) in [6, 6.07) is 11.3. The van der Waals surface area contributed by atoms with E-state index in [1.807, 2.05) is 0 Å². The Morgan fingerprint density at radius 3 is 2.55 bits per heavy atom. The van der Waals surface area contributed by atoms with E-state index >= 15 is 0 Å². The largest absolute Gasteiger partial charge is 0.360 e. The molecule has 4 N–H and O–H groups in total. The van der Waals surface area contributed by atoms with Crippen molar-refractivity contribution in [2.45, 2.75) is 0 Å². The Morgan fingerprint density at radius 2 is 1.79 bits per heavy atom. The van der Waals surface area contributed by atoms with E-state index in [1.165, 1.54) is 31.4 Å². The van der Waals surface area contributed by atoms with E-state index in [1.54, 1.807) is 24.3 Å². The van der Waals surface area contributed by atoms with Gasteiger partial charge in [-0.15, -0.1) is 0 Å². The average molecular weight is 413 g/mol. The SMILES string of the molecule is CNC(=O)c1cc(NC(=O)CNC(=O)c2c[nH]c3ccccc3c2=O)ccc1Cl. The number of benzene rings is 2. The van der Waals surface area contributed by atoms with E-state index < -0.39 is 23.2 Å². The van der Waals surface area contributed by atoms with Crippen molar-refractivity contribution in [3.63, 3.8) is 0 Å². The van der Waals surface area contributed by atoms with Crippen LogP contribution in [0.1, 0.15) is 20.7 Å². The normalized spacial score (nSPS) is 10.4. The van der Waals surface area contributed by atoms with Crippen LogP contribution in [-0.4, -0.2) is 36.3 Å². The summed E-state index contributed by atoms with van der Waals surface area (Å²) in [7, 11) is 1.47. The minimum absolute atomic E-state index is 0.0927. The Morgan fingerprint density at radius 1 is 1.03 bits per heavy atom. The van der Waals surface area contributed by atoms with Gasteiger partial charge in [0.2, 0.25) is 11.3 Å². The maximum absolute atomic E-state index is 12.4. The standard InChI is InChI=1S/C20H17ClN4O4/c1-22-19(28)13-8-11(6-7-15(13)21)25-17(26)10-24-20(29)14-9-23-16-5-3-2-4-12(16)18(14)27/h2-9H,10H2,1H3,(H,22,28)(H,23,27)(H,24,29)(H,25,26). The molecular formula is C20H17ClN4O4. The molecule has 29 heavy (non-hydrogen) atoms. The number of anilines is 1. The van der Waals surface area contributed by atoms with Gasteiger partial charge in [-0.2, -0.15) is 0 Å². The second-order valence-corrected chi connectivity index (χ2v) is 6.49. The lowest BCUT2D eigenvalue weighted by Gasteiger charge is -2.09. The third kappa shape index (κ3) is 4.44. The molecule has 8 nitrogen and oxygen atoms in total. The van der Waals surface area contributed by atoms with E-state index in [9.17, 15) is 19.2 Å². The van der Waals surface area contributed by atoms with Crippen molar-refractivity contribution in [3.05, 3.63) is 75.0 Å². The summed E-state index contributed by atoms with van der Waals surface area (Å²) in [5.74, 6) is -1.59. The van der Waals surface area contributed by atoms with Gasteiger partial charge in [0.05, 0.1) is 17.1 Å². The van der Waals surface area contributed by atoms with Crippen LogP contribution in [0.4, 0.5) is 5.69 Å². The molecule has 9 heteroatoms. The maximum Gasteiger partial charge on any atom is 0.257 e. The molecule has 2 aromatic carbocycles. The maximum atomic E-state index is 12.4. The van der Waals surface area contributed by atoms with Gasteiger partial charge >= 0.3 is 0 Å². The molecule has 0 bridgehead atoms. The van der Waals surface area contributed by atoms with Gasteiger partial charge < -0.3 is 20.9 Å². The van der Waals surface area contributed by atoms with Crippen molar-refractivity contribution in [3.8, 4) is 0 Å². The van der Waals surface area contributed by atoms with E-state index in [2.05, 4.69) is 20.9 Å². The Labute approximate surface area is 170 Å². The number of nitrogens with one attached hydrogen (secondary N) is 4. The number of carbonyl (C=O) groups is 3. The number of hydrogen-bond donors (Lipinski definition) is 4. The van der Waals surface area contributed by atoms with Gasteiger partial charge in [0, 0.05) is 29.8 Å². The second-order valence-electron chi connectivity index (χ2n) is 6.08. The minimum atomic E-state index is -0.672. The predicted molar refractivity (Wildman–Crippen MR) is 110 cm³/mol. The number of para-hydroxylation sites is 1. The van der Waals surface area contributed by atoms with Crippen LogP contribution in [0.5, 0.6) is 0 Å². The molecule has 1 heterocycles. The summed E-state index contributed by atoms with van der Waals surface area (Å²) in [5.41, 5.74) is 0.644. The fourth-order valence-electron chi connectivity index (χ4n) is 2.71. The Kier molecular flexibility index (Phi) is 5.94. The van der Waals surface area contributed by atoms with Gasteiger partial charge in [0.1, 0.15) is 5.56 Å². The van der Waals surface area contributed by atoms with Gasteiger partial charge in [-0.25, -0.2) is 0 Å². The number of carbonyl (C=O) groups excluding carboxylic acids is 3. The summed E-state index contributed by atoms with van der Waals surface area (Å²) in [6.07, 6.45) is 1.31. The Balaban J connectivity index is 1.67. The lowest BCUT2D eigenvalue weighted by atomic mass is 10.1. The third-order valence-corrected chi connectivity index (χ3v) is 4.49. The summed E-state index contributed by atoms with van der Waals surface area (Å²) in [4.78, 5) is 51.5. The van der Waals surface area contributed by atoms with Crippen molar-refractivity contribution in [2.24, 2.45) is 0 Å². The van der Waals surface area contributed by atoms with Gasteiger partial charge in [0.25, 0.3) is 11.8 Å². The van der Waals surface area contributed by atoms with E-state index in [0.717, 1.165) is 0 Å². The van der Waals surface area contributed by atoms with E-state index in [-0.39, 0.29) is 22.7 Å². The van der Waals surface area contributed by atoms with Crippen molar-refractivity contribution in [1.82, 2.24) is 15.6 Å². The third-order valence-electron chi connectivity index (χ3n) is 4.16. The molecular weight excluding hydrogens is 396 g/mol. The van der Waals surface area contributed by atoms with Gasteiger partial charge in [-0.1, -0.05) is 23.7 Å². The van der Waals surface area contributed by atoms with Crippen LogP contribution in [0.3, 0.4) is 0 Å². The first kappa shape index (κ1) is 20.1. The first-order chi connectivity index (χ1) is 13.9. The van der Waals surface area contributed by atoms with Crippen LogP contribution in [0.15, 0.2) is 53.5 Å². The highest BCUT2D eigenvalue weighted by Gasteiger charge is 2.15. The number of halogens is 1. The molecule has 0 atom stereocenters. The van der Waals surface area contributed by atoms with E-state index in [0.29, 0.717) is 16.6 Å². The number of aromatic amines is 1. The molecule has 0 aliphatic rings. The minimum Gasteiger partial charge on any atom is -0.360 e. The quantitative estimate of drug-likeness (QED) is 0.511. The molecule has 0 fully saturated rings. The first-order valence-corrected chi connectivity index (χ1v) is 8.98. The van der Waals surface area contributed by atoms with E-state index in [4.69, 9.17) is 11.6 Å². The van der Waals surface area contributed by atoms with Crippen molar-refractivity contribution >= 4 is 45.9 Å². The van der Waals surface area contributed by atoms with Crippen LogP contribution in [0.25, 0.3) is 10.9 Å². The van der Waals surface area contributed by atoms with Crippen LogP contribution in [0.2, 0.25) is 5.02 Å². The smallest absolute Gasteiger partial charge is 0.257 e. The number of H-pyrrole nitrogens is 1. The number of pyridine rings is 1. The molecule has 3 amide bonds. The Hall–Kier alpha value is -3.65. The summed E-state index contributed by atoms with van der Waals surface area (Å²) < 4.78 is 0. The molecule has 0 radical (unpaired) electrons. The lowest BCUT2D eigenvalue weighted by molar-refractivity contribution is -0.115. The van der Waals surface area contributed by atoms with Crippen LogP contribution < -0.4 is 21.4 Å². The topological polar surface area (TPSA) is 120 Å². The zero-order valence-electron chi connectivity index (χ0n) is 15.3. The summed E-state index contributed by atoms with van der Waals surface area (Å²) in [5, 5.41) is 8.05. The first-order valence-electron chi connectivity index (χ1n) is 8.61. The van der Waals surface area contributed by atoms with Gasteiger partial charge in [-0.3, -0.25) is 19.2 Å². The second kappa shape index (κ2) is 8.57. The molecule has 0 saturated heterocycles. The van der Waals surface area contributed by atoms with Crippen molar-refractivity contribution < 1.29 is 14.4 Å². The zero-order valence-corrected chi connectivity index (χ0v) is 16.1. The molecule has 148 valence electrons. The summed E-state index contributed by atoms with van der Waals surface area (Å²) >= 11 is 5.97. The van der Waals surface area contributed by atoms with Crippen LogP contribution in [0, 0.1) is 0 Å². The number of hydrogen-bond acceptors (Lipinski definition) is 4. The number of aromatic nitrogens is 1. The highest BCUT2D eigenvalue weighted by Crippen LogP contribution is 2.20. The van der Waals surface area contributed by atoms with Crippen molar-refractivity contribution in [1.29, 1.82) is 0 Å². The molecule has 0 spiro atoms. The Bertz CT molecular complexity index is 1170. The van der Waals surface area contributed by atoms with Crippen LogP contribution >= 0.6 is 11.6 Å². The highest BCUT2D eigenvalue weighted by molar-refractivity contribution is 6.34. The highest BCUT2D eigenvalue weighted by atomic mass is 35.5. The fourth-order valence-corrected chi connectivity index (χ4v) is 2.91. The number of fused-ring (bicyclic) bond motifs is 1. The molecule has 1 aromatic heterocycles. The fraction of sp³-hybridized carbons (Fsp3) is 0.100. The lowest BCUT2D eigenvalue weighted by Crippen LogP contribution is -2.35. The molecule has 3 rings (SSSR count). The number of amides is 3. The molecule has 0 saturated carbocycles. The zero-order chi connectivity index (χ0) is 21.0. The average Bonchev–Trinajstić information content (AvgIpc) is 2.73. The predicted octanol–water partition coefficient (Wildman–Crippen LogP) is 1.91. The molecule has 0 aliphatic carbocycles. The summed E-state index contributed by atoms with van der Waals surface area (Å²) in [6.45, 7) is -0.358. The number of rotatable bonds is 5. The molecule has 0 unspecified atom stereocenters. The van der Waals surface area contributed by atoms with Crippen molar-refractivity contribution in [2.75, 3.05) is 18.9 Å². The molecule has 0 aliphatic heterocycles. The van der Waals surface area contributed by atoms with Gasteiger partial charge in [0.15, 0.2) is 0 Å². The monoisotopic (exact) mass is 412 g/mol.